The second-order valence-electron chi connectivity index (χ2n) is 4.10. The molecule has 2 rings (SSSR count). The van der Waals surface area contributed by atoms with Gasteiger partial charge in [0, 0.05) is 25.7 Å². The molecule has 96 valence electrons. The Bertz CT molecular complexity index is 539. The summed E-state index contributed by atoms with van der Waals surface area (Å²) in [6.45, 7) is 0. The van der Waals surface area contributed by atoms with Crippen LogP contribution in [-0.2, 0) is 13.5 Å². The van der Waals surface area contributed by atoms with Gasteiger partial charge in [0.1, 0.15) is 0 Å². The fourth-order valence-corrected chi connectivity index (χ4v) is 2.12. The summed E-state index contributed by atoms with van der Waals surface area (Å²) in [6, 6.07) is 5.78. The number of rotatable bonds is 4. The predicted octanol–water partition coefficient (Wildman–Crippen LogP) is 2.63. The average Bonchev–Trinajstić information content (AvgIpc) is 2.75. The smallest absolute Gasteiger partial charge is 0.0845 e. The molecule has 0 fully saturated rings. The lowest BCUT2D eigenvalue weighted by Gasteiger charge is -2.15. The molecule has 4 nitrogen and oxygen atoms in total. The number of nitrogens with one attached hydrogen (secondary N) is 1. The summed E-state index contributed by atoms with van der Waals surface area (Å²) >= 11 is 11.9. The number of likely N-dealkylation sites (N-methyl/N-ethyl adjacent to an activating group) is 1. The van der Waals surface area contributed by atoms with Crippen LogP contribution in [0.3, 0.4) is 0 Å². The van der Waals surface area contributed by atoms with Crippen molar-refractivity contribution in [3.63, 3.8) is 0 Å². The Morgan fingerprint density at radius 3 is 2.67 bits per heavy atom. The van der Waals surface area contributed by atoms with E-state index < -0.39 is 0 Å². The highest BCUT2D eigenvalue weighted by atomic mass is 35.5. The molecule has 1 atom stereocenters. The van der Waals surface area contributed by atoms with Gasteiger partial charge in [0.2, 0.25) is 0 Å². The van der Waals surface area contributed by atoms with Crippen molar-refractivity contribution in [3.05, 3.63) is 45.7 Å². The third-order valence-electron chi connectivity index (χ3n) is 2.76. The van der Waals surface area contributed by atoms with Gasteiger partial charge in [-0.05, 0) is 24.7 Å². The summed E-state index contributed by atoms with van der Waals surface area (Å²) in [5.74, 6) is 0. The van der Waals surface area contributed by atoms with Crippen LogP contribution in [0.15, 0.2) is 24.4 Å². The molecule has 18 heavy (non-hydrogen) atoms. The molecule has 0 amide bonds. The first-order valence-electron chi connectivity index (χ1n) is 5.57. The fourth-order valence-electron chi connectivity index (χ4n) is 1.81. The van der Waals surface area contributed by atoms with Crippen LogP contribution in [0.1, 0.15) is 17.3 Å². The van der Waals surface area contributed by atoms with Crippen molar-refractivity contribution in [2.24, 2.45) is 7.05 Å². The molecule has 1 N–H and O–H groups in total. The molecule has 0 saturated carbocycles. The highest BCUT2D eigenvalue weighted by molar-refractivity contribution is 6.42. The van der Waals surface area contributed by atoms with Gasteiger partial charge in [-0.25, -0.2) is 0 Å². The van der Waals surface area contributed by atoms with Crippen LogP contribution in [0.4, 0.5) is 0 Å². The second kappa shape index (κ2) is 5.69. The van der Waals surface area contributed by atoms with Gasteiger partial charge in [0.05, 0.1) is 15.7 Å². The first-order chi connectivity index (χ1) is 8.60. The van der Waals surface area contributed by atoms with Crippen molar-refractivity contribution < 1.29 is 0 Å². The number of halogens is 2. The van der Waals surface area contributed by atoms with Crippen molar-refractivity contribution >= 4 is 23.2 Å². The Kier molecular flexibility index (Phi) is 4.22. The van der Waals surface area contributed by atoms with E-state index in [4.69, 9.17) is 23.2 Å². The molecular formula is C12H14Cl2N4. The van der Waals surface area contributed by atoms with Crippen LogP contribution < -0.4 is 5.32 Å². The summed E-state index contributed by atoms with van der Waals surface area (Å²) in [5, 5.41) is 12.4. The molecule has 1 unspecified atom stereocenters. The summed E-state index contributed by atoms with van der Waals surface area (Å²) in [5.41, 5.74) is 2.01. The quantitative estimate of drug-likeness (QED) is 0.939. The van der Waals surface area contributed by atoms with Crippen LogP contribution in [-0.4, -0.2) is 22.0 Å². The predicted molar refractivity (Wildman–Crippen MR) is 73.0 cm³/mol. The molecule has 2 aromatic rings. The van der Waals surface area contributed by atoms with Gasteiger partial charge in [-0.15, -0.1) is 5.10 Å². The first-order valence-corrected chi connectivity index (χ1v) is 6.33. The van der Waals surface area contributed by atoms with Crippen LogP contribution >= 0.6 is 23.2 Å². The molecule has 0 aliphatic carbocycles. The molecule has 1 heterocycles. The molecule has 0 aliphatic heterocycles. The van der Waals surface area contributed by atoms with E-state index >= 15 is 0 Å². The Hall–Kier alpha value is -1.10. The lowest BCUT2D eigenvalue weighted by molar-refractivity contribution is 0.583. The fraction of sp³-hybridized carbons (Fsp3) is 0.333. The maximum atomic E-state index is 6.03. The SMILES string of the molecule is CNC(Cc1cn(C)nn1)c1ccc(Cl)c(Cl)c1. The van der Waals surface area contributed by atoms with Gasteiger partial charge in [-0.1, -0.05) is 34.5 Å². The van der Waals surface area contributed by atoms with E-state index in [1.807, 2.05) is 32.4 Å². The highest BCUT2D eigenvalue weighted by Crippen LogP contribution is 2.26. The van der Waals surface area contributed by atoms with Crippen LogP contribution in [0.2, 0.25) is 10.0 Å². The number of aryl methyl sites for hydroxylation is 1. The zero-order chi connectivity index (χ0) is 13.1. The second-order valence-corrected chi connectivity index (χ2v) is 4.92. The van der Waals surface area contributed by atoms with E-state index in [-0.39, 0.29) is 6.04 Å². The molecule has 0 spiro atoms. The van der Waals surface area contributed by atoms with E-state index in [0.717, 1.165) is 17.7 Å². The van der Waals surface area contributed by atoms with Gasteiger partial charge in [-0.3, -0.25) is 4.68 Å². The number of benzene rings is 1. The average molecular weight is 285 g/mol. The third kappa shape index (κ3) is 3.02. The summed E-state index contributed by atoms with van der Waals surface area (Å²) < 4.78 is 1.69. The van der Waals surface area contributed by atoms with Crippen LogP contribution in [0.25, 0.3) is 0 Å². The minimum atomic E-state index is 0.136. The standard InChI is InChI=1S/C12H14Cl2N4/c1-15-12(6-9-7-18(2)17-16-9)8-3-4-10(13)11(14)5-8/h3-5,7,12,15H,6H2,1-2H3. The van der Waals surface area contributed by atoms with Crippen LogP contribution in [0.5, 0.6) is 0 Å². The highest BCUT2D eigenvalue weighted by Gasteiger charge is 2.13. The zero-order valence-corrected chi connectivity index (χ0v) is 11.7. The summed E-state index contributed by atoms with van der Waals surface area (Å²) in [7, 11) is 3.76. The third-order valence-corrected chi connectivity index (χ3v) is 3.50. The van der Waals surface area contributed by atoms with Crippen molar-refractivity contribution in [2.75, 3.05) is 7.05 Å². The Balaban J connectivity index is 2.19. The number of aromatic nitrogens is 3. The minimum absolute atomic E-state index is 0.136. The van der Waals surface area contributed by atoms with Gasteiger partial charge in [0.15, 0.2) is 0 Å². The molecular weight excluding hydrogens is 271 g/mol. The molecule has 6 heteroatoms. The topological polar surface area (TPSA) is 42.7 Å². The molecule has 1 aromatic heterocycles. The van der Waals surface area contributed by atoms with E-state index in [1.165, 1.54) is 0 Å². The summed E-state index contributed by atoms with van der Waals surface area (Å²) in [4.78, 5) is 0. The lowest BCUT2D eigenvalue weighted by Crippen LogP contribution is -2.19. The van der Waals surface area contributed by atoms with E-state index in [1.54, 1.807) is 10.7 Å². The Labute approximate surface area is 116 Å². The molecule has 0 saturated heterocycles. The number of hydrogen-bond acceptors (Lipinski definition) is 3. The van der Waals surface area contributed by atoms with Gasteiger partial charge in [-0.2, -0.15) is 0 Å². The maximum absolute atomic E-state index is 6.03. The van der Waals surface area contributed by atoms with Gasteiger partial charge >= 0.3 is 0 Å². The number of hydrogen-bond donors (Lipinski definition) is 1. The van der Waals surface area contributed by atoms with Crippen LogP contribution in [0, 0.1) is 0 Å². The monoisotopic (exact) mass is 284 g/mol. The van der Waals surface area contributed by atoms with E-state index in [9.17, 15) is 0 Å². The largest absolute Gasteiger partial charge is 0.313 e. The maximum Gasteiger partial charge on any atom is 0.0845 e. The van der Waals surface area contributed by atoms with Crippen molar-refractivity contribution in [2.45, 2.75) is 12.5 Å². The van der Waals surface area contributed by atoms with Crippen molar-refractivity contribution in [3.8, 4) is 0 Å². The number of nitrogens with zero attached hydrogens (tertiary/aromatic N) is 3. The van der Waals surface area contributed by atoms with Crippen molar-refractivity contribution in [1.29, 1.82) is 0 Å². The normalized spacial score (nSPS) is 12.7. The van der Waals surface area contributed by atoms with E-state index in [2.05, 4.69) is 15.6 Å². The van der Waals surface area contributed by atoms with Gasteiger partial charge < -0.3 is 5.32 Å². The molecule has 0 aliphatic rings. The van der Waals surface area contributed by atoms with Crippen molar-refractivity contribution in [1.82, 2.24) is 20.3 Å². The first kappa shape index (κ1) is 13.3. The lowest BCUT2D eigenvalue weighted by atomic mass is 10.0. The van der Waals surface area contributed by atoms with E-state index in [0.29, 0.717) is 10.0 Å². The molecule has 1 aromatic carbocycles. The summed E-state index contributed by atoms with van der Waals surface area (Å²) in [6.07, 6.45) is 2.66. The Morgan fingerprint density at radius 2 is 2.11 bits per heavy atom. The minimum Gasteiger partial charge on any atom is -0.313 e. The molecule has 0 radical (unpaired) electrons. The zero-order valence-electron chi connectivity index (χ0n) is 10.2. The van der Waals surface area contributed by atoms with Gasteiger partial charge in [0.25, 0.3) is 0 Å². The molecule has 0 bridgehead atoms. The Morgan fingerprint density at radius 1 is 1.33 bits per heavy atom.